The second-order valence-corrected chi connectivity index (χ2v) is 10.0. The Morgan fingerprint density at radius 2 is 1.26 bits per heavy atom. The minimum atomic E-state index is -1.23. The lowest BCUT2D eigenvalue weighted by molar-refractivity contribution is -0.139. The van der Waals surface area contributed by atoms with Crippen LogP contribution in [0.15, 0.2) is 91.0 Å². The minimum absolute atomic E-state index is 0.0842. The molecule has 0 saturated carbocycles. The van der Waals surface area contributed by atoms with Gasteiger partial charge in [0.25, 0.3) is 0 Å². The van der Waals surface area contributed by atoms with Gasteiger partial charge in [0.15, 0.2) is 0 Å². The van der Waals surface area contributed by atoms with Crippen molar-refractivity contribution in [3.05, 3.63) is 108 Å². The van der Waals surface area contributed by atoms with Gasteiger partial charge in [0.2, 0.25) is 11.8 Å². The molecule has 0 unspecified atom stereocenters. The standard InChI is InChI=1S/C29H31N3O6S/c30-23(28(37)38)16-17-25(33)32-24(27(36)31-18-26(34)35)19-39-29(20-10-4-1-5-11-20,21-12-6-2-7-13-21)22-14-8-3-9-15-22/h1-15,23-24H,16-19,30H2,(H,31,36)(H,32,33)(H,34,35)(H,37,38)/t23-,24+/m1/s1. The van der Waals surface area contributed by atoms with Gasteiger partial charge in [-0.1, -0.05) is 91.0 Å². The third-order valence-electron chi connectivity index (χ3n) is 6.07. The maximum Gasteiger partial charge on any atom is 0.322 e. The molecule has 204 valence electrons. The van der Waals surface area contributed by atoms with Gasteiger partial charge in [-0.3, -0.25) is 19.2 Å². The van der Waals surface area contributed by atoms with E-state index in [-0.39, 0.29) is 18.6 Å². The van der Waals surface area contributed by atoms with Gasteiger partial charge < -0.3 is 26.6 Å². The van der Waals surface area contributed by atoms with Crippen LogP contribution >= 0.6 is 11.8 Å². The summed E-state index contributed by atoms with van der Waals surface area (Å²) in [4.78, 5) is 47.8. The molecule has 2 atom stereocenters. The van der Waals surface area contributed by atoms with E-state index in [1.807, 2.05) is 91.0 Å². The van der Waals surface area contributed by atoms with Gasteiger partial charge in [-0.05, 0) is 23.1 Å². The fourth-order valence-electron chi connectivity index (χ4n) is 4.12. The van der Waals surface area contributed by atoms with Crippen LogP contribution in [0.3, 0.4) is 0 Å². The minimum Gasteiger partial charge on any atom is -0.480 e. The number of nitrogens with two attached hydrogens (primary N) is 1. The second-order valence-electron chi connectivity index (χ2n) is 8.81. The molecule has 0 bridgehead atoms. The van der Waals surface area contributed by atoms with Crippen molar-refractivity contribution < 1.29 is 29.4 Å². The Morgan fingerprint density at radius 3 is 1.67 bits per heavy atom. The van der Waals surface area contributed by atoms with Crippen LogP contribution in [0.25, 0.3) is 0 Å². The summed E-state index contributed by atoms with van der Waals surface area (Å²) in [5.74, 6) is -3.59. The van der Waals surface area contributed by atoms with E-state index < -0.39 is 47.1 Å². The Labute approximate surface area is 230 Å². The number of carbonyl (C=O) groups is 4. The van der Waals surface area contributed by atoms with Crippen LogP contribution in [0.1, 0.15) is 29.5 Å². The Hall–Kier alpha value is -4.15. The van der Waals surface area contributed by atoms with Gasteiger partial charge in [-0.2, -0.15) is 0 Å². The molecule has 0 saturated heterocycles. The molecular formula is C29H31N3O6S. The molecule has 2 amide bonds. The summed E-state index contributed by atoms with van der Waals surface area (Å²) in [6, 6.07) is 27.0. The maximum absolute atomic E-state index is 13.0. The largest absolute Gasteiger partial charge is 0.480 e. The van der Waals surface area contributed by atoms with Crippen molar-refractivity contribution in [3.63, 3.8) is 0 Å². The highest BCUT2D eigenvalue weighted by atomic mass is 32.2. The van der Waals surface area contributed by atoms with Crippen LogP contribution in [0.5, 0.6) is 0 Å². The second kappa shape index (κ2) is 14.1. The zero-order valence-electron chi connectivity index (χ0n) is 21.2. The third-order valence-corrected chi connectivity index (χ3v) is 7.71. The van der Waals surface area contributed by atoms with Crippen molar-refractivity contribution in [3.8, 4) is 0 Å². The van der Waals surface area contributed by atoms with E-state index in [0.29, 0.717) is 0 Å². The van der Waals surface area contributed by atoms with Crippen molar-refractivity contribution in [2.24, 2.45) is 5.73 Å². The lowest BCUT2D eigenvalue weighted by atomic mass is 9.84. The van der Waals surface area contributed by atoms with Crippen molar-refractivity contribution in [1.82, 2.24) is 10.6 Å². The number of carboxylic acid groups (broad SMARTS) is 2. The topological polar surface area (TPSA) is 159 Å². The molecule has 10 heteroatoms. The molecule has 0 aromatic heterocycles. The average molecular weight is 550 g/mol. The molecule has 39 heavy (non-hydrogen) atoms. The van der Waals surface area contributed by atoms with Gasteiger partial charge in [0.05, 0.1) is 4.75 Å². The van der Waals surface area contributed by atoms with Crippen LogP contribution < -0.4 is 16.4 Å². The number of hydrogen-bond acceptors (Lipinski definition) is 6. The van der Waals surface area contributed by atoms with Crippen molar-refractivity contribution in [2.45, 2.75) is 29.7 Å². The Bertz CT molecular complexity index is 1160. The molecule has 0 radical (unpaired) electrons. The monoisotopic (exact) mass is 549 g/mol. The molecule has 0 aliphatic heterocycles. The average Bonchev–Trinajstić information content (AvgIpc) is 2.95. The lowest BCUT2D eigenvalue weighted by Gasteiger charge is -2.36. The van der Waals surface area contributed by atoms with E-state index in [2.05, 4.69) is 10.6 Å². The van der Waals surface area contributed by atoms with Crippen molar-refractivity contribution in [1.29, 1.82) is 0 Å². The summed E-state index contributed by atoms with van der Waals surface area (Å²) in [7, 11) is 0. The number of thioether (sulfide) groups is 1. The van der Waals surface area contributed by atoms with Gasteiger partial charge in [0, 0.05) is 12.2 Å². The van der Waals surface area contributed by atoms with Crippen molar-refractivity contribution in [2.75, 3.05) is 12.3 Å². The molecule has 3 aromatic rings. The number of nitrogens with one attached hydrogen (secondary N) is 2. The molecule has 3 rings (SSSR count). The molecule has 0 spiro atoms. The molecule has 0 heterocycles. The summed E-state index contributed by atoms with van der Waals surface area (Å²) in [5, 5.41) is 23.0. The molecule has 0 fully saturated rings. The number of hydrogen-bond donors (Lipinski definition) is 5. The highest BCUT2D eigenvalue weighted by Gasteiger charge is 2.38. The first-order chi connectivity index (χ1) is 18.7. The fourth-order valence-corrected chi connectivity index (χ4v) is 5.68. The van der Waals surface area contributed by atoms with Crippen LogP contribution in [0, 0.1) is 0 Å². The highest BCUT2D eigenvalue weighted by molar-refractivity contribution is 8.00. The lowest BCUT2D eigenvalue weighted by Crippen LogP contribution is -2.50. The van der Waals surface area contributed by atoms with Crippen molar-refractivity contribution >= 4 is 35.5 Å². The fraction of sp³-hybridized carbons (Fsp3) is 0.241. The molecule has 9 nitrogen and oxygen atoms in total. The van der Waals surface area contributed by atoms with Crippen LogP contribution in [0.2, 0.25) is 0 Å². The molecule has 0 aliphatic carbocycles. The van der Waals surface area contributed by atoms with Crippen LogP contribution in [0.4, 0.5) is 0 Å². The Kier molecular flexibility index (Phi) is 10.7. The number of rotatable bonds is 14. The molecule has 6 N–H and O–H groups in total. The smallest absolute Gasteiger partial charge is 0.322 e. The predicted octanol–water partition coefficient (Wildman–Crippen LogP) is 2.59. The van der Waals surface area contributed by atoms with Crippen LogP contribution in [-0.4, -0.2) is 58.3 Å². The van der Waals surface area contributed by atoms with Gasteiger partial charge in [-0.25, -0.2) is 0 Å². The first kappa shape index (κ1) is 29.4. The summed E-state index contributed by atoms with van der Waals surface area (Å²) >= 11 is 1.43. The van der Waals surface area contributed by atoms with E-state index >= 15 is 0 Å². The number of aliphatic carboxylic acids is 2. The quantitative estimate of drug-likeness (QED) is 0.192. The molecule has 0 aliphatic rings. The number of carbonyl (C=O) groups excluding carboxylic acids is 2. The Balaban J connectivity index is 1.98. The normalized spacial score (nSPS) is 12.6. The summed E-state index contributed by atoms with van der Waals surface area (Å²) in [6.45, 7) is -0.610. The molecular weight excluding hydrogens is 518 g/mol. The first-order valence-electron chi connectivity index (χ1n) is 12.3. The summed E-state index contributed by atoms with van der Waals surface area (Å²) in [6.07, 6.45) is -0.318. The number of carboxylic acids is 2. The van der Waals surface area contributed by atoms with E-state index in [1.54, 1.807) is 0 Å². The number of amides is 2. The van der Waals surface area contributed by atoms with E-state index in [9.17, 15) is 19.2 Å². The zero-order chi connectivity index (χ0) is 28.3. The summed E-state index contributed by atoms with van der Waals surface area (Å²) < 4.78 is -0.772. The highest BCUT2D eigenvalue weighted by Crippen LogP contribution is 2.48. The SMILES string of the molecule is N[C@H](CCC(=O)N[C@@H](CSC(c1ccccc1)(c1ccccc1)c1ccccc1)C(=O)NCC(=O)O)C(=O)O. The third kappa shape index (κ3) is 7.92. The van der Waals surface area contributed by atoms with Gasteiger partial charge >= 0.3 is 11.9 Å². The van der Waals surface area contributed by atoms with Gasteiger partial charge in [-0.15, -0.1) is 11.8 Å². The first-order valence-corrected chi connectivity index (χ1v) is 13.3. The molecule has 3 aromatic carbocycles. The van der Waals surface area contributed by atoms with Gasteiger partial charge in [0.1, 0.15) is 18.6 Å². The maximum atomic E-state index is 13.0. The Morgan fingerprint density at radius 1 is 0.795 bits per heavy atom. The zero-order valence-corrected chi connectivity index (χ0v) is 22.0. The summed E-state index contributed by atoms with van der Waals surface area (Å²) in [5.41, 5.74) is 8.38. The number of benzene rings is 3. The van der Waals surface area contributed by atoms with Crippen LogP contribution in [-0.2, 0) is 23.9 Å². The van der Waals surface area contributed by atoms with E-state index in [4.69, 9.17) is 15.9 Å². The van der Waals surface area contributed by atoms with E-state index in [0.717, 1.165) is 16.7 Å². The predicted molar refractivity (Wildman–Crippen MR) is 149 cm³/mol. The van der Waals surface area contributed by atoms with E-state index in [1.165, 1.54) is 11.8 Å².